The Labute approximate surface area is 340 Å². The number of hydrogen-bond acceptors (Lipinski definition) is 11. The van der Waals surface area contributed by atoms with E-state index < -0.39 is 40.3 Å². The normalized spacial score (nSPS) is 21.4. The lowest BCUT2D eigenvalue weighted by Crippen LogP contribution is -2.54. The lowest BCUT2D eigenvalue weighted by molar-refractivity contribution is -0.138. The second-order valence-electron chi connectivity index (χ2n) is 15.2. The summed E-state index contributed by atoms with van der Waals surface area (Å²) in [6, 6.07) is 17.1. The summed E-state index contributed by atoms with van der Waals surface area (Å²) in [5, 5.41) is 17.7. The second-order valence-corrected chi connectivity index (χ2v) is 15.6. The summed E-state index contributed by atoms with van der Waals surface area (Å²) in [6.07, 6.45) is -3.50. The van der Waals surface area contributed by atoms with E-state index in [0.717, 1.165) is 30.8 Å². The van der Waals surface area contributed by atoms with E-state index in [0.29, 0.717) is 55.3 Å². The van der Waals surface area contributed by atoms with Crippen molar-refractivity contribution < 1.29 is 37.1 Å². The molecule has 17 heteroatoms. The summed E-state index contributed by atoms with van der Waals surface area (Å²) in [5.74, 6) is -0.558. The molecule has 3 aromatic carbocycles. The molecule has 308 valence electrons. The Bertz CT molecular complexity index is 2110. The zero-order valence-corrected chi connectivity index (χ0v) is 33.6. The van der Waals surface area contributed by atoms with Gasteiger partial charge in [0.25, 0.3) is 5.91 Å². The van der Waals surface area contributed by atoms with Gasteiger partial charge in [-0.05, 0) is 93.8 Å². The van der Waals surface area contributed by atoms with Gasteiger partial charge >= 0.3 is 6.18 Å². The zero-order valence-electron chi connectivity index (χ0n) is 32.7. The van der Waals surface area contributed by atoms with Gasteiger partial charge in [0.05, 0.1) is 23.7 Å². The number of nitrogens with zero attached hydrogens (tertiary/aromatic N) is 5. The number of benzene rings is 3. The van der Waals surface area contributed by atoms with Gasteiger partial charge < -0.3 is 20.3 Å². The number of nitriles is 1. The first-order valence-corrected chi connectivity index (χ1v) is 19.7. The monoisotopic (exact) mass is 820 g/mol. The fourth-order valence-electron chi connectivity index (χ4n) is 7.66. The molecule has 3 aliphatic rings. The zero-order chi connectivity index (χ0) is 41.9. The van der Waals surface area contributed by atoms with Crippen LogP contribution in [0.2, 0.25) is 0 Å². The molecule has 0 saturated carbocycles. The SMILES string of the molecule is CCc1cc(N2[C@@H](S)N(c3ccc(C#N)c(C(F)(F)F)c3)C(=O)C2(C)C)ccc1OCCN1CCN(CC(=O)Nc2cccc(N[C@H]3CCC(=O)NC3=O)c2)[C@H](C)C1. The van der Waals surface area contributed by atoms with Crippen molar-refractivity contribution in [3.8, 4) is 11.8 Å². The maximum Gasteiger partial charge on any atom is 0.417 e. The van der Waals surface area contributed by atoms with Crippen molar-refractivity contribution in [3.05, 3.63) is 77.4 Å². The van der Waals surface area contributed by atoms with E-state index in [4.69, 9.17) is 17.4 Å². The number of piperidine rings is 1. The average Bonchev–Trinajstić information content (AvgIpc) is 3.35. The van der Waals surface area contributed by atoms with Crippen LogP contribution in [0.15, 0.2) is 60.7 Å². The topological polar surface area (TPSA) is 150 Å². The lowest BCUT2D eigenvalue weighted by Gasteiger charge is -2.39. The smallest absolute Gasteiger partial charge is 0.417 e. The Kier molecular flexibility index (Phi) is 12.6. The Balaban J connectivity index is 1.01. The van der Waals surface area contributed by atoms with Crippen LogP contribution >= 0.6 is 12.6 Å². The number of nitrogens with one attached hydrogen (secondary N) is 3. The van der Waals surface area contributed by atoms with Gasteiger partial charge in [0.2, 0.25) is 17.7 Å². The molecule has 0 spiro atoms. The Hall–Kier alpha value is -5.31. The summed E-state index contributed by atoms with van der Waals surface area (Å²) in [4.78, 5) is 57.7. The molecular weight excluding hydrogens is 774 g/mol. The van der Waals surface area contributed by atoms with Crippen LogP contribution in [0.1, 0.15) is 57.2 Å². The molecule has 0 unspecified atom stereocenters. The number of carbonyl (C=O) groups is 4. The molecule has 4 amide bonds. The van der Waals surface area contributed by atoms with Gasteiger partial charge in [-0.2, -0.15) is 18.4 Å². The predicted molar refractivity (Wildman–Crippen MR) is 217 cm³/mol. The fourth-order valence-corrected chi connectivity index (χ4v) is 8.32. The molecule has 3 aliphatic heterocycles. The lowest BCUT2D eigenvalue weighted by atomic mass is 10.0. The minimum Gasteiger partial charge on any atom is -0.492 e. The minimum atomic E-state index is -4.78. The minimum absolute atomic E-state index is 0.00940. The maximum atomic E-state index is 13.8. The van der Waals surface area contributed by atoms with E-state index in [1.807, 2.05) is 25.1 Å². The van der Waals surface area contributed by atoms with Crippen LogP contribution < -0.4 is 30.5 Å². The summed E-state index contributed by atoms with van der Waals surface area (Å²) in [7, 11) is 0. The molecule has 0 aliphatic carbocycles. The number of anilines is 4. The van der Waals surface area contributed by atoms with Crippen molar-refractivity contribution >= 4 is 59.0 Å². The Morgan fingerprint density at radius 3 is 2.48 bits per heavy atom. The molecule has 3 aromatic rings. The number of imide groups is 1. The van der Waals surface area contributed by atoms with Crippen molar-refractivity contribution in [2.24, 2.45) is 0 Å². The first kappa shape index (κ1) is 42.3. The average molecular weight is 821 g/mol. The number of thiol groups is 1. The third-order valence-corrected chi connectivity index (χ3v) is 11.3. The molecular formula is C41H47F3N8O5S. The molecule has 13 nitrogen and oxygen atoms in total. The van der Waals surface area contributed by atoms with Crippen molar-refractivity contribution in [2.75, 3.05) is 59.8 Å². The largest absolute Gasteiger partial charge is 0.492 e. The highest BCUT2D eigenvalue weighted by Crippen LogP contribution is 2.43. The van der Waals surface area contributed by atoms with E-state index >= 15 is 0 Å². The van der Waals surface area contributed by atoms with Crippen LogP contribution in [0.3, 0.4) is 0 Å². The van der Waals surface area contributed by atoms with Gasteiger partial charge in [0, 0.05) is 61.4 Å². The van der Waals surface area contributed by atoms with E-state index in [-0.39, 0.29) is 42.4 Å². The van der Waals surface area contributed by atoms with Crippen molar-refractivity contribution in [2.45, 2.75) is 76.3 Å². The molecule has 0 bridgehead atoms. The summed E-state index contributed by atoms with van der Waals surface area (Å²) >= 11 is 4.72. The highest BCUT2D eigenvalue weighted by Gasteiger charge is 2.52. The van der Waals surface area contributed by atoms with E-state index in [2.05, 4.69) is 32.7 Å². The molecule has 3 N–H and O–H groups in total. The number of halogens is 3. The van der Waals surface area contributed by atoms with Gasteiger partial charge in [-0.15, -0.1) is 12.6 Å². The van der Waals surface area contributed by atoms with E-state index in [1.54, 1.807) is 49.1 Å². The number of rotatable bonds is 12. The van der Waals surface area contributed by atoms with Crippen LogP contribution in [0.5, 0.6) is 5.75 Å². The van der Waals surface area contributed by atoms with Crippen molar-refractivity contribution in [1.29, 1.82) is 5.26 Å². The quantitative estimate of drug-likeness (QED) is 0.142. The van der Waals surface area contributed by atoms with Gasteiger partial charge in [0.15, 0.2) is 5.50 Å². The second kappa shape index (κ2) is 17.3. The standard InChI is InChI=1S/C41H47F3N8O5S/c1-5-26-19-31(52-39(58)51(38(56)40(52,3)4)30-10-9-27(22-45)32(21-30)41(42,43)44)11-13-34(26)57-18-17-49-15-16-50(25(2)23-49)24-36(54)47-29-8-6-7-28(20-29)46-33-12-14-35(53)48-37(33)55/h6-11,13,19-21,25,33,39,46,58H,5,12,14-18,23-24H2,1-4H3,(H,47,54)(H,48,53,55)/t25-,33+,39+/m1/s1. The Morgan fingerprint density at radius 1 is 1.05 bits per heavy atom. The Morgan fingerprint density at radius 2 is 1.79 bits per heavy atom. The predicted octanol–water partition coefficient (Wildman–Crippen LogP) is 5.23. The molecule has 3 saturated heterocycles. The molecule has 3 atom stereocenters. The van der Waals surface area contributed by atoms with E-state index in [9.17, 15) is 37.6 Å². The summed E-state index contributed by atoms with van der Waals surface area (Å²) in [6.45, 7) is 10.9. The molecule has 58 heavy (non-hydrogen) atoms. The number of carbonyl (C=O) groups excluding carboxylic acids is 4. The van der Waals surface area contributed by atoms with Crippen LogP contribution in [-0.2, 0) is 31.8 Å². The fraction of sp³-hybridized carbons (Fsp3) is 0.439. The number of alkyl halides is 3. The van der Waals surface area contributed by atoms with Crippen molar-refractivity contribution in [3.63, 3.8) is 0 Å². The third-order valence-electron chi connectivity index (χ3n) is 10.8. The highest BCUT2D eigenvalue weighted by molar-refractivity contribution is 7.81. The molecule has 6 rings (SSSR count). The maximum absolute atomic E-state index is 13.8. The number of amides is 4. The number of hydrogen-bond donors (Lipinski definition) is 4. The highest BCUT2D eigenvalue weighted by atomic mass is 32.1. The first-order valence-electron chi connectivity index (χ1n) is 19.1. The van der Waals surface area contributed by atoms with Crippen LogP contribution in [-0.4, -0.2) is 95.9 Å². The van der Waals surface area contributed by atoms with Crippen molar-refractivity contribution in [1.82, 2.24) is 15.1 Å². The molecule has 0 aromatic heterocycles. The first-order chi connectivity index (χ1) is 27.5. The van der Waals surface area contributed by atoms with Crippen LogP contribution in [0.4, 0.5) is 35.9 Å². The number of piperazine rings is 1. The van der Waals surface area contributed by atoms with Crippen LogP contribution in [0, 0.1) is 11.3 Å². The number of ether oxygens (including phenoxy) is 1. The molecule has 3 fully saturated rings. The molecule has 0 radical (unpaired) electrons. The van der Waals surface area contributed by atoms with Crippen LogP contribution in [0.25, 0.3) is 0 Å². The van der Waals surface area contributed by atoms with Gasteiger partial charge in [-0.25, -0.2) is 0 Å². The van der Waals surface area contributed by atoms with E-state index in [1.165, 1.54) is 11.0 Å². The molecule has 3 heterocycles. The summed E-state index contributed by atoms with van der Waals surface area (Å²) < 4.78 is 47.6. The van der Waals surface area contributed by atoms with Gasteiger partial charge in [0.1, 0.15) is 23.9 Å². The summed E-state index contributed by atoms with van der Waals surface area (Å²) in [5.41, 5.74) is -0.941. The van der Waals surface area contributed by atoms with Gasteiger partial charge in [-0.1, -0.05) is 13.0 Å². The van der Waals surface area contributed by atoms with Gasteiger partial charge in [-0.3, -0.25) is 39.2 Å². The third kappa shape index (κ3) is 9.19. The number of aryl methyl sites for hydroxylation is 1.